The summed E-state index contributed by atoms with van der Waals surface area (Å²) in [4.78, 5) is 23.3. The van der Waals surface area contributed by atoms with Crippen molar-refractivity contribution in [3.8, 4) is 0 Å². The molecule has 4 heterocycles. The minimum atomic E-state index is -0.139. The van der Waals surface area contributed by atoms with Gasteiger partial charge >= 0.3 is 0 Å². The molecule has 1 saturated carbocycles. The predicted molar refractivity (Wildman–Crippen MR) is 130 cm³/mol. The summed E-state index contributed by atoms with van der Waals surface area (Å²) in [5.41, 5.74) is 11.9. The van der Waals surface area contributed by atoms with Gasteiger partial charge in [-0.05, 0) is 71.0 Å². The zero-order valence-corrected chi connectivity index (χ0v) is 19.1. The molecule has 7 rings (SSSR count). The Labute approximate surface area is 195 Å². The molecule has 3 aliphatic rings. The highest BCUT2D eigenvalue weighted by atomic mass is 32.1. The first-order chi connectivity index (χ1) is 16.1. The number of hydrogen-bond acceptors (Lipinski definition) is 6. The number of hydrogen-bond donors (Lipinski definition) is 3. The van der Waals surface area contributed by atoms with Gasteiger partial charge in [-0.2, -0.15) is 21.4 Å². The van der Waals surface area contributed by atoms with Gasteiger partial charge in [0.2, 0.25) is 5.95 Å². The highest BCUT2D eigenvalue weighted by Crippen LogP contribution is 2.54. The highest BCUT2D eigenvalue weighted by Gasteiger charge is 2.50. The number of nitrogens with two attached hydrogens (primary N) is 1. The van der Waals surface area contributed by atoms with Crippen LogP contribution in [0.25, 0.3) is 11.0 Å². The Kier molecular flexibility index (Phi) is 4.00. The first-order valence-corrected chi connectivity index (χ1v) is 12.6. The lowest BCUT2D eigenvalue weighted by molar-refractivity contribution is 0.187. The first-order valence-electron chi connectivity index (χ1n) is 11.7. The summed E-state index contributed by atoms with van der Waals surface area (Å²) in [6, 6.07) is 10.8. The van der Waals surface area contributed by atoms with Gasteiger partial charge in [-0.15, -0.1) is 0 Å². The van der Waals surface area contributed by atoms with Crippen molar-refractivity contribution in [1.29, 1.82) is 0 Å². The molecule has 0 amide bonds. The van der Waals surface area contributed by atoms with Crippen molar-refractivity contribution in [1.82, 2.24) is 20.2 Å². The fraction of sp³-hybridized carbons (Fsp3) is 0.400. The molecule has 33 heavy (non-hydrogen) atoms. The van der Waals surface area contributed by atoms with Gasteiger partial charge in [0.05, 0.1) is 5.69 Å². The van der Waals surface area contributed by atoms with Crippen LogP contribution in [0.4, 0.5) is 5.95 Å². The van der Waals surface area contributed by atoms with Crippen molar-refractivity contribution in [2.24, 2.45) is 11.1 Å². The normalized spacial score (nSPS) is 22.7. The van der Waals surface area contributed by atoms with Crippen LogP contribution in [0, 0.1) is 5.41 Å². The summed E-state index contributed by atoms with van der Waals surface area (Å²) in [6.45, 7) is 1.66. The molecule has 168 valence electrons. The third-order valence-corrected chi connectivity index (χ3v) is 9.03. The average molecular weight is 459 g/mol. The summed E-state index contributed by atoms with van der Waals surface area (Å²) in [6.07, 6.45) is 5.04. The molecule has 7 nitrogen and oxygen atoms in total. The van der Waals surface area contributed by atoms with E-state index in [-0.39, 0.29) is 22.4 Å². The molecule has 0 radical (unpaired) electrons. The molecule has 1 aliphatic heterocycles. The molecule has 0 unspecified atom stereocenters. The Morgan fingerprint density at radius 3 is 2.67 bits per heavy atom. The maximum Gasteiger partial charge on any atom is 0.263 e. The van der Waals surface area contributed by atoms with Crippen molar-refractivity contribution in [2.75, 3.05) is 18.0 Å². The third kappa shape index (κ3) is 2.74. The molecule has 1 spiro atoms. The summed E-state index contributed by atoms with van der Waals surface area (Å²) < 4.78 is 0. The number of aromatic nitrogens is 4. The van der Waals surface area contributed by atoms with E-state index in [4.69, 9.17) is 10.7 Å². The number of nitrogens with zero attached hydrogens (tertiary/aromatic N) is 3. The number of piperidine rings is 1. The molecule has 4 aromatic rings. The van der Waals surface area contributed by atoms with Crippen LogP contribution < -0.4 is 16.2 Å². The Hall–Kier alpha value is -2.97. The molecule has 1 saturated heterocycles. The maximum atomic E-state index is 13.2. The number of fused-ring (bicyclic) bond motifs is 2. The summed E-state index contributed by atoms with van der Waals surface area (Å²) in [5.74, 6) is 0.627. The van der Waals surface area contributed by atoms with E-state index in [1.54, 1.807) is 11.3 Å². The Bertz CT molecular complexity index is 1410. The molecule has 8 heteroatoms. The summed E-state index contributed by atoms with van der Waals surface area (Å²) >= 11 is 1.68. The SMILES string of the molecule is N[C@@H]1c2ccccc2CC12CCN(c1nc3[nH]nc(C4(c5ccsc5)CC4)c3c(=O)[nH]1)CC2. The van der Waals surface area contributed by atoms with E-state index >= 15 is 0 Å². The van der Waals surface area contributed by atoms with Crippen molar-refractivity contribution in [2.45, 2.75) is 43.6 Å². The zero-order valence-electron chi connectivity index (χ0n) is 18.3. The smallest absolute Gasteiger partial charge is 0.263 e. The van der Waals surface area contributed by atoms with E-state index in [0.29, 0.717) is 17.0 Å². The van der Waals surface area contributed by atoms with Crippen LogP contribution >= 0.6 is 11.3 Å². The van der Waals surface area contributed by atoms with E-state index in [1.807, 2.05) is 0 Å². The standard InChI is InChI=1S/C25H26N6OS/c26-19-17-4-2-1-3-15(17)13-24(19)8-10-31(11-9-24)23-27-21-18(22(32)28-23)20(29-30-21)25(6-7-25)16-5-12-33-14-16/h1-5,12,14,19H,6-11,13,26H2,(H2,27,28,29,30,32)/t19-/m1/s1. The quantitative estimate of drug-likeness (QED) is 0.435. The third-order valence-electron chi connectivity index (χ3n) is 8.35. The van der Waals surface area contributed by atoms with Crippen LogP contribution in [0.3, 0.4) is 0 Å². The van der Waals surface area contributed by atoms with Crippen LogP contribution in [0.15, 0.2) is 45.9 Å². The first kappa shape index (κ1) is 19.5. The Morgan fingerprint density at radius 2 is 1.94 bits per heavy atom. The number of H-pyrrole nitrogens is 2. The van der Waals surface area contributed by atoms with Gasteiger partial charge in [0.15, 0.2) is 5.65 Å². The van der Waals surface area contributed by atoms with Crippen LogP contribution in [0.1, 0.15) is 54.1 Å². The molecular weight excluding hydrogens is 432 g/mol. The fourth-order valence-corrected chi connectivity index (χ4v) is 6.97. The molecular formula is C25H26N6OS. The van der Waals surface area contributed by atoms with Crippen LogP contribution in [0.5, 0.6) is 0 Å². The molecule has 4 N–H and O–H groups in total. The molecule has 2 fully saturated rings. The van der Waals surface area contributed by atoms with Crippen molar-refractivity contribution < 1.29 is 0 Å². The second-order valence-electron chi connectivity index (χ2n) is 9.98. The van der Waals surface area contributed by atoms with Crippen LogP contribution in [-0.4, -0.2) is 33.3 Å². The predicted octanol–water partition coefficient (Wildman–Crippen LogP) is 3.63. The van der Waals surface area contributed by atoms with Gasteiger partial charge < -0.3 is 10.6 Å². The minimum absolute atomic E-state index is 0.0762. The lowest BCUT2D eigenvalue weighted by Gasteiger charge is -2.42. The number of aromatic amines is 2. The topological polar surface area (TPSA) is 104 Å². The number of nitrogens with one attached hydrogen (secondary N) is 2. The molecule has 2 aliphatic carbocycles. The van der Waals surface area contributed by atoms with Gasteiger partial charge in [-0.25, -0.2) is 0 Å². The second kappa shape index (κ2) is 6.77. The van der Waals surface area contributed by atoms with Gasteiger partial charge in [0.1, 0.15) is 5.39 Å². The Balaban J connectivity index is 1.17. The van der Waals surface area contributed by atoms with E-state index in [2.05, 4.69) is 61.2 Å². The number of benzene rings is 1. The maximum absolute atomic E-state index is 13.2. The van der Waals surface area contributed by atoms with Crippen molar-refractivity contribution >= 4 is 28.3 Å². The van der Waals surface area contributed by atoms with E-state index in [0.717, 1.165) is 50.9 Å². The highest BCUT2D eigenvalue weighted by molar-refractivity contribution is 7.08. The van der Waals surface area contributed by atoms with Gasteiger partial charge in [0, 0.05) is 24.5 Å². The monoisotopic (exact) mass is 458 g/mol. The summed E-state index contributed by atoms with van der Waals surface area (Å²) in [5, 5.41) is 12.5. The zero-order chi connectivity index (χ0) is 22.2. The van der Waals surface area contributed by atoms with Crippen molar-refractivity contribution in [3.05, 3.63) is 73.8 Å². The average Bonchev–Trinajstić information content (AvgIpc) is 3.17. The number of rotatable bonds is 3. The van der Waals surface area contributed by atoms with Crippen molar-refractivity contribution in [3.63, 3.8) is 0 Å². The number of thiophene rings is 1. The van der Waals surface area contributed by atoms with Crippen LogP contribution in [-0.2, 0) is 11.8 Å². The van der Waals surface area contributed by atoms with E-state index < -0.39 is 0 Å². The molecule has 1 atom stereocenters. The summed E-state index contributed by atoms with van der Waals surface area (Å²) in [7, 11) is 0. The van der Waals surface area contributed by atoms with Gasteiger partial charge in [-0.1, -0.05) is 24.3 Å². The lowest BCUT2D eigenvalue weighted by atomic mass is 9.73. The molecule has 1 aromatic carbocycles. The minimum Gasteiger partial charge on any atom is -0.342 e. The van der Waals surface area contributed by atoms with E-state index in [9.17, 15) is 4.79 Å². The largest absolute Gasteiger partial charge is 0.342 e. The second-order valence-corrected chi connectivity index (χ2v) is 10.8. The molecule has 3 aromatic heterocycles. The van der Waals surface area contributed by atoms with Crippen LogP contribution in [0.2, 0.25) is 0 Å². The Morgan fingerprint density at radius 1 is 1.12 bits per heavy atom. The van der Waals surface area contributed by atoms with Gasteiger partial charge in [-0.3, -0.25) is 14.9 Å². The fourth-order valence-electron chi connectivity index (χ4n) is 6.22. The number of anilines is 1. The lowest BCUT2D eigenvalue weighted by Crippen LogP contribution is -2.45. The van der Waals surface area contributed by atoms with Gasteiger partial charge in [0.25, 0.3) is 5.56 Å². The van der Waals surface area contributed by atoms with E-state index in [1.165, 1.54) is 16.7 Å². The molecule has 0 bridgehead atoms.